The summed E-state index contributed by atoms with van der Waals surface area (Å²) in [6.45, 7) is 4.71. The number of benzene rings is 2. The highest BCUT2D eigenvalue weighted by atomic mass is 32.2. The number of hydrogen-bond acceptors (Lipinski definition) is 8. The summed E-state index contributed by atoms with van der Waals surface area (Å²) < 4.78 is 50.6. The Morgan fingerprint density at radius 2 is 1.55 bits per heavy atom. The zero-order valence-corrected chi connectivity index (χ0v) is 20.1. The molecule has 0 aliphatic carbocycles. The molecule has 0 unspecified atom stereocenters. The summed E-state index contributed by atoms with van der Waals surface area (Å²) in [6, 6.07) is 9.00. The first-order chi connectivity index (χ1) is 15.4. The van der Waals surface area contributed by atoms with E-state index in [1.807, 2.05) is 13.8 Å². The van der Waals surface area contributed by atoms with Gasteiger partial charge in [0.15, 0.2) is 9.84 Å². The van der Waals surface area contributed by atoms with E-state index in [4.69, 9.17) is 0 Å². The van der Waals surface area contributed by atoms with Crippen molar-refractivity contribution in [2.45, 2.75) is 23.6 Å². The number of anilines is 1. The van der Waals surface area contributed by atoms with Gasteiger partial charge in [-0.05, 0) is 50.2 Å². The number of nitrogens with one attached hydrogen (secondary N) is 2. The van der Waals surface area contributed by atoms with Gasteiger partial charge in [-0.2, -0.15) is 0 Å². The molecule has 2 aromatic carbocycles. The topological polar surface area (TPSA) is 156 Å². The van der Waals surface area contributed by atoms with Crippen LogP contribution in [-0.2, 0) is 19.9 Å². The first kappa shape index (κ1) is 26.2. The molecule has 11 nitrogen and oxygen atoms in total. The zero-order chi connectivity index (χ0) is 24.8. The van der Waals surface area contributed by atoms with Gasteiger partial charge < -0.3 is 10.2 Å². The summed E-state index contributed by atoms with van der Waals surface area (Å²) in [4.78, 5) is 24.3. The molecule has 0 saturated heterocycles. The number of amides is 1. The maximum absolute atomic E-state index is 12.5. The molecule has 0 atom stereocenters. The Labute approximate surface area is 192 Å². The van der Waals surface area contributed by atoms with E-state index < -0.39 is 30.5 Å². The molecule has 13 heteroatoms. The van der Waals surface area contributed by atoms with Gasteiger partial charge in [0.05, 0.1) is 14.7 Å². The molecular weight excluding hydrogens is 472 g/mol. The lowest BCUT2D eigenvalue weighted by Gasteiger charge is -2.18. The minimum atomic E-state index is -3.87. The molecule has 2 rings (SSSR count). The Bertz CT molecular complexity index is 1220. The van der Waals surface area contributed by atoms with Gasteiger partial charge in [-0.15, -0.1) is 0 Å². The van der Waals surface area contributed by atoms with Gasteiger partial charge in [-0.3, -0.25) is 14.9 Å². The maximum Gasteiger partial charge on any atom is 0.293 e. The molecule has 180 valence electrons. The van der Waals surface area contributed by atoms with Crippen molar-refractivity contribution in [3.8, 4) is 0 Å². The van der Waals surface area contributed by atoms with Crippen molar-refractivity contribution in [2.75, 3.05) is 37.8 Å². The molecule has 2 N–H and O–H groups in total. The number of carbonyl (C=O) groups excluding carboxylic acids is 1. The van der Waals surface area contributed by atoms with Crippen LogP contribution >= 0.6 is 0 Å². The molecule has 0 aromatic heterocycles. The number of sulfonamides is 1. The van der Waals surface area contributed by atoms with Gasteiger partial charge in [0.1, 0.15) is 5.69 Å². The van der Waals surface area contributed by atoms with Crippen molar-refractivity contribution in [1.29, 1.82) is 0 Å². The summed E-state index contributed by atoms with van der Waals surface area (Å²) in [5, 5.41) is 14.0. The van der Waals surface area contributed by atoms with E-state index in [-0.39, 0.29) is 34.5 Å². The number of hydrogen-bond donors (Lipinski definition) is 2. The molecule has 0 saturated carbocycles. The molecule has 0 aliphatic rings. The number of carbonyl (C=O) groups is 1. The van der Waals surface area contributed by atoms with Crippen molar-refractivity contribution in [3.05, 3.63) is 58.1 Å². The van der Waals surface area contributed by atoms with Crippen LogP contribution in [0.5, 0.6) is 0 Å². The Morgan fingerprint density at radius 1 is 0.970 bits per heavy atom. The first-order valence-corrected chi connectivity index (χ1v) is 13.4. The summed E-state index contributed by atoms with van der Waals surface area (Å²) in [6.07, 6.45) is 0.944. The quantitative estimate of drug-likeness (QED) is 0.270. The van der Waals surface area contributed by atoms with E-state index in [9.17, 15) is 31.7 Å². The average molecular weight is 499 g/mol. The van der Waals surface area contributed by atoms with Gasteiger partial charge in [0.2, 0.25) is 10.0 Å². The highest BCUT2D eigenvalue weighted by Crippen LogP contribution is 2.27. The zero-order valence-electron chi connectivity index (χ0n) is 18.4. The van der Waals surface area contributed by atoms with Gasteiger partial charge in [0, 0.05) is 44.1 Å². The molecule has 0 radical (unpaired) electrons. The third kappa shape index (κ3) is 6.73. The van der Waals surface area contributed by atoms with E-state index in [0.717, 1.165) is 12.3 Å². The monoisotopic (exact) mass is 498 g/mol. The number of sulfone groups is 1. The average Bonchev–Trinajstić information content (AvgIpc) is 2.76. The largest absolute Gasteiger partial charge is 0.378 e. The lowest BCUT2D eigenvalue weighted by molar-refractivity contribution is -0.384. The normalized spacial score (nSPS) is 11.7. The van der Waals surface area contributed by atoms with Gasteiger partial charge >= 0.3 is 0 Å². The van der Waals surface area contributed by atoms with Crippen LogP contribution in [0.3, 0.4) is 0 Å². The molecule has 33 heavy (non-hydrogen) atoms. The van der Waals surface area contributed by atoms with Crippen molar-refractivity contribution < 1.29 is 26.6 Å². The fraction of sp³-hybridized carbons (Fsp3) is 0.350. The smallest absolute Gasteiger partial charge is 0.293 e. The standard InChI is InChI=1S/C20H26N4O7S2/c1-4-23(5-2)20(25)15-6-8-16(9-7-15)33(30,31)22-13-12-21-18-11-10-17(32(3,28)29)14-19(18)24(26)27/h6-11,14,21-22H,4-5,12-13H2,1-3H3. The summed E-state index contributed by atoms with van der Waals surface area (Å²) in [7, 11) is -7.48. The Balaban J connectivity index is 2.03. The van der Waals surface area contributed by atoms with Crippen LogP contribution in [0.4, 0.5) is 11.4 Å². The van der Waals surface area contributed by atoms with Crippen LogP contribution < -0.4 is 10.0 Å². The van der Waals surface area contributed by atoms with Crippen molar-refractivity contribution in [1.82, 2.24) is 9.62 Å². The molecule has 0 bridgehead atoms. The first-order valence-electron chi connectivity index (χ1n) is 10.0. The third-order valence-corrected chi connectivity index (χ3v) is 7.38. The van der Waals surface area contributed by atoms with Crippen LogP contribution in [0.2, 0.25) is 0 Å². The van der Waals surface area contributed by atoms with E-state index >= 15 is 0 Å². The van der Waals surface area contributed by atoms with Crippen molar-refractivity contribution >= 4 is 37.1 Å². The maximum atomic E-state index is 12.5. The third-order valence-electron chi connectivity index (χ3n) is 4.79. The Morgan fingerprint density at radius 3 is 2.06 bits per heavy atom. The number of nitro benzene ring substituents is 1. The number of rotatable bonds is 11. The lowest BCUT2D eigenvalue weighted by atomic mass is 10.2. The molecule has 0 heterocycles. The van der Waals surface area contributed by atoms with Gasteiger partial charge in [-0.25, -0.2) is 21.6 Å². The van der Waals surface area contributed by atoms with Gasteiger partial charge in [0.25, 0.3) is 11.6 Å². The van der Waals surface area contributed by atoms with Crippen LogP contribution in [0.25, 0.3) is 0 Å². The van der Waals surface area contributed by atoms with Crippen LogP contribution in [0, 0.1) is 10.1 Å². The highest BCUT2D eigenvalue weighted by molar-refractivity contribution is 7.90. The highest BCUT2D eigenvalue weighted by Gasteiger charge is 2.19. The molecule has 0 aliphatic heterocycles. The fourth-order valence-corrected chi connectivity index (χ4v) is 4.65. The van der Waals surface area contributed by atoms with Crippen molar-refractivity contribution in [2.24, 2.45) is 0 Å². The van der Waals surface area contributed by atoms with Crippen LogP contribution in [0.15, 0.2) is 52.3 Å². The fourth-order valence-electron chi connectivity index (χ4n) is 2.98. The second-order valence-corrected chi connectivity index (χ2v) is 10.8. The number of nitro groups is 1. The second kappa shape index (κ2) is 10.7. The Kier molecular flexibility index (Phi) is 8.52. The van der Waals surface area contributed by atoms with E-state index in [1.165, 1.54) is 36.4 Å². The molecule has 2 aromatic rings. The van der Waals surface area contributed by atoms with E-state index in [1.54, 1.807) is 4.90 Å². The second-order valence-electron chi connectivity index (χ2n) is 7.03. The van der Waals surface area contributed by atoms with Crippen LogP contribution in [0.1, 0.15) is 24.2 Å². The molecule has 1 amide bonds. The predicted octanol–water partition coefficient (Wildman–Crippen LogP) is 1.87. The molecule has 0 spiro atoms. The summed E-state index contributed by atoms with van der Waals surface area (Å²) in [5.74, 6) is -0.190. The lowest BCUT2D eigenvalue weighted by Crippen LogP contribution is -2.31. The van der Waals surface area contributed by atoms with Crippen LogP contribution in [-0.4, -0.2) is 65.0 Å². The SMILES string of the molecule is CCN(CC)C(=O)c1ccc(S(=O)(=O)NCCNc2ccc(S(C)(=O)=O)cc2[N+](=O)[O-])cc1. The molecular formula is C20H26N4O7S2. The Hall–Kier alpha value is -3.03. The van der Waals surface area contributed by atoms with E-state index in [2.05, 4.69) is 10.0 Å². The summed E-state index contributed by atoms with van der Waals surface area (Å²) in [5.41, 5.74) is 0.00396. The van der Waals surface area contributed by atoms with Gasteiger partial charge in [-0.1, -0.05) is 0 Å². The summed E-state index contributed by atoms with van der Waals surface area (Å²) >= 11 is 0. The predicted molar refractivity (Wildman–Crippen MR) is 124 cm³/mol. The molecule has 0 fully saturated rings. The number of nitrogens with zero attached hydrogens (tertiary/aromatic N) is 2. The van der Waals surface area contributed by atoms with Crippen molar-refractivity contribution in [3.63, 3.8) is 0 Å². The van der Waals surface area contributed by atoms with E-state index in [0.29, 0.717) is 18.7 Å². The minimum absolute atomic E-state index is 0.0107. The minimum Gasteiger partial charge on any atom is -0.378 e.